The van der Waals surface area contributed by atoms with Crippen molar-refractivity contribution in [3.63, 3.8) is 0 Å². The Morgan fingerprint density at radius 3 is 2.58 bits per heavy atom. The number of nitrogens with two attached hydrogens (primary N) is 1. The molecule has 1 unspecified atom stereocenters. The van der Waals surface area contributed by atoms with Crippen LogP contribution in [0.1, 0.15) is 23.2 Å². The highest BCUT2D eigenvalue weighted by atomic mass is 16.5. The number of piperidine rings is 1. The molecule has 2 amide bonds. The van der Waals surface area contributed by atoms with Gasteiger partial charge in [-0.05, 0) is 49.2 Å². The summed E-state index contributed by atoms with van der Waals surface area (Å²) in [4.78, 5) is 26.2. The molecule has 1 aliphatic heterocycles. The van der Waals surface area contributed by atoms with Crippen molar-refractivity contribution in [1.29, 1.82) is 0 Å². The van der Waals surface area contributed by atoms with Gasteiger partial charge in [-0.25, -0.2) is 0 Å². The number of likely N-dealkylation sites (tertiary alicyclic amines) is 1. The molecule has 0 saturated carbocycles. The van der Waals surface area contributed by atoms with Gasteiger partial charge in [-0.15, -0.1) is 0 Å². The van der Waals surface area contributed by atoms with Gasteiger partial charge in [-0.2, -0.15) is 0 Å². The summed E-state index contributed by atoms with van der Waals surface area (Å²) in [5.41, 5.74) is 7.59. The summed E-state index contributed by atoms with van der Waals surface area (Å²) in [5, 5.41) is 3.28. The summed E-state index contributed by atoms with van der Waals surface area (Å²) in [5.74, 6) is 0.0693. The van der Waals surface area contributed by atoms with Crippen molar-refractivity contribution >= 4 is 23.2 Å². The number of rotatable bonds is 5. The van der Waals surface area contributed by atoms with Crippen molar-refractivity contribution in [2.45, 2.75) is 12.8 Å². The van der Waals surface area contributed by atoms with Gasteiger partial charge in [-0.3, -0.25) is 9.59 Å². The fourth-order valence-electron chi connectivity index (χ4n) is 3.17. The Balaban J connectivity index is 1.79. The second kappa shape index (κ2) is 7.91. The molecule has 1 atom stereocenters. The van der Waals surface area contributed by atoms with E-state index in [0.29, 0.717) is 18.7 Å². The smallest absolute Gasteiger partial charge is 0.255 e. The van der Waals surface area contributed by atoms with Gasteiger partial charge in [0, 0.05) is 18.8 Å². The van der Waals surface area contributed by atoms with E-state index in [9.17, 15) is 9.59 Å². The van der Waals surface area contributed by atoms with E-state index in [0.717, 1.165) is 30.0 Å². The lowest BCUT2D eigenvalue weighted by Crippen LogP contribution is -2.44. The summed E-state index contributed by atoms with van der Waals surface area (Å²) >= 11 is 0. The van der Waals surface area contributed by atoms with Crippen LogP contribution < -0.4 is 15.8 Å². The molecule has 1 saturated heterocycles. The van der Waals surface area contributed by atoms with Gasteiger partial charge in [0.15, 0.2) is 0 Å². The predicted octanol–water partition coefficient (Wildman–Crippen LogP) is 2.78. The standard InChI is InChI=1S/C20H23N3O3/c1-26-16-10-8-15(9-11-16)22-18-7-3-2-6-17(18)20(25)23-12-4-5-14(13-23)19(21)24/h2-3,6-11,14,22H,4-5,12-13H2,1H3,(H2,21,24). The van der Waals surface area contributed by atoms with Gasteiger partial charge >= 0.3 is 0 Å². The highest BCUT2D eigenvalue weighted by molar-refractivity contribution is 6.00. The maximum atomic E-state index is 13.0. The van der Waals surface area contributed by atoms with Gasteiger partial charge in [0.05, 0.1) is 24.3 Å². The molecule has 0 spiro atoms. The van der Waals surface area contributed by atoms with E-state index in [1.165, 1.54) is 0 Å². The van der Waals surface area contributed by atoms with Crippen molar-refractivity contribution in [3.8, 4) is 5.75 Å². The quantitative estimate of drug-likeness (QED) is 0.866. The first-order chi connectivity index (χ1) is 12.6. The van der Waals surface area contributed by atoms with Gasteiger partial charge in [0.1, 0.15) is 5.75 Å². The number of ether oxygens (including phenoxy) is 1. The molecule has 2 aromatic rings. The van der Waals surface area contributed by atoms with Crippen LogP contribution in [0.3, 0.4) is 0 Å². The number of anilines is 2. The number of hydrogen-bond acceptors (Lipinski definition) is 4. The lowest BCUT2D eigenvalue weighted by Gasteiger charge is -2.31. The lowest BCUT2D eigenvalue weighted by atomic mass is 9.96. The molecule has 2 aromatic carbocycles. The number of methoxy groups -OCH3 is 1. The Hall–Kier alpha value is -3.02. The molecule has 0 bridgehead atoms. The molecule has 0 aliphatic carbocycles. The zero-order valence-corrected chi connectivity index (χ0v) is 14.8. The van der Waals surface area contributed by atoms with E-state index in [4.69, 9.17) is 10.5 Å². The van der Waals surface area contributed by atoms with Gasteiger partial charge < -0.3 is 20.7 Å². The Labute approximate surface area is 152 Å². The lowest BCUT2D eigenvalue weighted by molar-refractivity contribution is -0.123. The molecule has 1 aliphatic rings. The minimum Gasteiger partial charge on any atom is -0.497 e. The summed E-state index contributed by atoms with van der Waals surface area (Å²) in [6.45, 7) is 1.02. The summed E-state index contributed by atoms with van der Waals surface area (Å²) in [6, 6.07) is 14.9. The molecule has 0 aromatic heterocycles. The molecule has 6 heteroatoms. The molecule has 26 heavy (non-hydrogen) atoms. The fraction of sp³-hybridized carbons (Fsp3) is 0.300. The van der Waals surface area contributed by atoms with Crippen molar-refractivity contribution < 1.29 is 14.3 Å². The third kappa shape index (κ3) is 3.96. The van der Waals surface area contributed by atoms with Crippen LogP contribution in [0.4, 0.5) is 11.4 Å². The second-order valence-corrected chi connectivity index (χ2v) is 6.39. The first kappa shape index (κ1) is 17.8. The van der Waals surface area contributed by atoms with Crippen LogP contribution in [0.2, 0.25) is 0 Å². The zero-order valence-electron chi connectivity index (χ0n) is 14.8. The molecule has 1 fully saturated rings. The summed E-state index contributed by atoms with van der Waals surface area (Å²) in [6.07, 6.45) is 1.53. The van der Waals surface area contributed by atoms with Gasteiger partial charge in [0.2, 0.25) is 5.91 Å². The highest BCUT2D eigenvalue weighted by Crippen LogP contribution is 2.25. The maximum Gasteiger partial charge on any atom is 0.255 e. The monoisotopic (exact) mass is 353 g/mol. The van der Waals surface area contributed by atoms with E-state index in [1.807, 2.05) is 42.5 Å². The van der Waals surface area contributed by atoms with Crippen LogP contribution in [0.25, 0.3) is 0 Å². The molecular weight excluding hydrogens is 330 g/mol. The van der Waals surface area contributed by atoms with Crippen LogP contribution in [-0.2, 0) is 4.79 Å². The first-order valence-corrected chi connectivity index (χ1v) is 8.67. The van der Waals surface area contributed by atoms with Gasteiger partial charge in [-0.1, -0.05) is 12.1 Å². The van der Waals surface area contributed by atoms with E-state index in [1.54, 1.807) is 18.1 Å². The van der Waals surface area contributed by atoms with Gasteiger partial charge in [0.25, 0.3) is 5.91 Å². The largest absolute Gasteiger partial charge is 0.497 e. The fourth-order valence-corrected chi connectivity index (χ4v) is 3.17. The van der Waals surface area contributed by atoms with Crippen LogP contribution in [0, 0.1) is 5.92 Å². The van der Waals surface area contributed by atoms with E-state index < -0.39 is 0 Å². The molecular formula is C20H23N3O3. The van der Waals surface area contributed by atoms with Crippen molar-refractivity contribution in [2.75, 3.05) is 25.5 Å². The Kier molecular flexibility index (Phi) is 5.41. The number of primary amides is 1. The number of benzene rings is 2. The van der Waals surface area contributed by atoms with E-state index >= 15 is 0 Å². The molecule has 3 N–H and O–H groups in total. The number of amides is 2. The first-order valence-electron chi connectivity index (χ1n) is 8.67. The van der Waals surface area contributed by atoms with Crippen molar-refractivity contribution in [1.82, 2.24) is 4.90 Å². The number of carbonyl (C=O) groups is 2. The maximum absolute atomic E-state index is 13.0. The van der Waals surface area contributed by atoms with Crippen molar-refractivity contribution in [3.05, 3.63) is 54.1 Å². The molecule has 1 heterocycles. The van der Waals surface area contributed by atoms with Crippen LogP contribution >= 0.6 is 0 Å². The number of nitrogens with zero attached hydrogens (tertiary/aromatic N) is 1. The highest BCUT2D eigenvalue weighted by Gasteiger charge is 2.28. The molecule has 3 rings (SSSR count). The van der Waals surface area contributed by atoms with Crippen LogP contribution in [0.15, 0.2) is 48.5 Å². The van der Waals surface area contributed by atoms with Crippen molar-refractivity contribution in [2.24, 2.45) is 11.7 Å². The minimum absolute atomic E-state index is 0.0902. The topological polar surface area (TPSA) is 84.7 Å². The summed E-state index contributed by atoms with van der Waals surface area (Å²) < 4.78 is 5.16. The Bertz CT molecular complexity index is 789. The van der Waals surface area contributed by atoms with Crippen LogP contribution in [0.5, 0.6) is 5.75 Å². The Morgan fingerprint density at radius 2 is 1.88 bits per heavy atom. The minimum atomic E-state index is -0.341. The normalized spacial score (nSPS) is 16.8. The SMILES string of the molecule is COc1ccc(Nc2ccccc2C(=O)N2CCCC(C(N)=O)C2)cc1. The number of carbonyl (C=O) groups excluding carboxylic acids is 2. The van der Waals surface area contributed by atoms with E-state index in [-0.39, 0.29) is 17.7 Å². The number of nitrogens with one attached hydrogen (secondary N) is 1. The Morgan fingerprint density at radius 1 is 1.15 bits per heavy atom. The van der Waals surface area contributed by atoms with Crippen LogP contribution in [-0.4, -0.2) is 36.9 Å². The average molecular weight is 353 g/mol. The molecule has 0 radical (unpaired) electrons. The third-order valence-electron chi connectivity index (χ3n) is 4.64. The number of para-hydroxylation sites is 1. The zero-order chi connectivity index (χ0) is 18.5. The molecule has 136 valence electrons. The average Bonchev–Trinajstić information content (AvgIpc) is 2.68. The second-order valence-electron chi connectivity index (χ2n) is 6.39. The predicted molar refractivity (Wildman–Crippen MR) is 101 cm³/mol. The summed E-state index contributed by atoms with van der Waals surface area (Å²) in [7, 11) is 1.62. The molecule has 6 nitrogen and oxygen atoms in total. The third-order valence-corrected chi connectivity index (χ3v) is 4.64. The number of hydrogen-bond donors (Lipinski definition) is 2. The van der Waals surface area contributed by atoms with E-state index in [2.05, 4.69) is 5.32 Å².